The van der Waals surface area contributed by atoms with E-state index < -0.39 is 6.69 Å². The molecular weight excluding hydrogens is 231 g/mol. The van der Waals surface area contributed by atoms with E-state index in [4.69, 9.17) is 22.2 Å². The lowest BCUT2D eigenvalue weighted by atomic mass is 10.1. The minimum Gasteiger partial charge on any atom is -0.146 e. The van der Waals surface area contributed by atoms with Crippen molar-refractivity contribution >= 4 is 28.9 Å². The first-order chi connectivity index (χ1) is 6.58. The molecule has 0 saturated heterocycles. The van der Waals surface area contributed by atoms with Gasteiger partial charge in [0.1, 0.15) is 0 Å². The zero-order chi connectivity index (χ0) is 10.4. The van der Waals surface area contributed by atoms with Crippen molar-refractivity contribution in [1.29, 1.82) is 0 Å². The molecule has 1 aromatic carbocycles. The molecule has 0 nitrogen and oxygen atoms in total. The highest BCUT2D eigenvalue weighted by atomic mass is 35.7. The van der Waals surface area contributed by atoms with Gasteiger partial charge < -0.3 is 0 Å². The summed E-state index contributed by atoms with van der Waals surface area (Å²) in [6.07, 6.45) is 3.47. The molecule has 0 heterocycles. The summed E-state index contributed by atoms with van der Waals surface area (Å²) >= 11 is 12.0. The second-order valence-corrected chi connectivity index (χ2v) is 12.0. The molecule has 0 bridgehead atoms. The van der Waals surface area contributed by atoms with E-state index in [0.717, 1.165) is 18.9 Å². The van der Waals surface area contributed by atoms with E-state index in [2.05, 4.69) is 24.3 Å². The van der Waals surface area contributed by atoms with Gasteiger partial charge in [0.2, 0.25) is 6.69 Å². The molecular formula is C11H16Cl2Si. The minimum atomic E-state index is -1.85. The van der Waals surface area contributed by atoms with Gasteiger partial charge in [-0.15, -0.1) is 22.2 Å². The van der Waals surface area contributed by atoms with E-state index in [1.165, 1.54) is 12.0 Å². The van der Waals surface area contributed by atoms with Crippen molar-refractivity contribution in [3.8, 4) is 0 Å². The summed E-state index contributed by atoms with van der Waals surface area (Å²) in [5, 5.41) is 0. The first-order valence-corrected chi connectivity index (χ1v) is 9.73. The quantitative estimate of drug-likeness (QED) is 0.406. The van der Waals surface area contributed by atoms with E-state index in [1.54, 1.807) is 0 Å². The Morgan fingerprint density at radius 3 is 2.29 bits per heavy atom. The van der Waals surface area contributed by atoms with Crippen molar-refractivity contribution in [2.75, 3.05) is 0 Å². The molecule has 14 heavy (non-hydrogen) atoms. The first-order valence-electron chi connectivity index (χ1n) is 5.00. The van der Waals surface area contributed by atoms with Crippen LogP contribution in [0.3, 0.4) is 0 Å². The van der Waals surface area contributed by atoms with Gasteiger partial charge in [0.05, 0.1) is 0 Å². The zero-order valence-electron chi connectivity index (χ0n) is 8.47. The lowest BCUT2D eigenvalue weighted by Gasteiger charge is -2.09. The summed E-state index contributed by atoms with van der Waals surface area (Å²) in [6, 6.07) is 11.5. The Labute approximate surface area is 96.7 Å². The van der Waals surface area contributed by atoms with Crippen LogP contribution in [0.25, 0.3) is 0 Å². The fraction of sp³-hybridized carbons (Fsp3) is 0.455. The fourth-order valence-electron chi connectivity index (χ4n) is 1.41. The lowest BCUT2D eigenvalue weighted by Crippen LogP contribution is -2.11. The number of unbranched alkanes of at least 4 members (excludes halogenated alkanes) is 1. The molecule has 0 radical (unpaired) electrons. The molecule has 3 heteroatoms. The van der Waals surface area contributed by atoms with Crippen molar-refractivity contribution in [2.24, 2.45) is 0 Å². The van der Waals surface area contributed by atoms with Crippen LogP contribution < -0.4 is 0 Å². The molecule has 1 rings (SSSR count). The van der Waals surface area contributed by atoms with Crippen molar-refractivity contribution in [3.05, 3.63) is 35.9 Å². The summed E-state index contributed by atoms with van der Waals surface area (Å²) < 4.78 is 0. The van der Waals surface area contributed by atoms with Gasteiger partial charge >= 0.3 is 0 Å². The molecule has 0 N–H and O–H groups in total. The van der Waals surface area contributed by atoms with Crippen LogP contribution in [0.2, 0.25) is 12.6 Å². The molecule has 0 aliphatic carbocycles. The molecule has 0 spiro atoms. The SMILES string of the molecule is C[Si](Cl)(Cl)CCCCc1ccccc1. The smallest absolute Gasteiger partial charge is 0.146 e. The van der Waals surface area contributed by atoms with Crippen LogP contribution >= 0.6 is 22.2 Å². The van der Waals surface area contributed by atoms with Crippen LogP contribution in [0, 0.1) is 0 Å². The van der Waals surface area contributed by atoms with E-state index in [0.29, 0.717) is 0 Å². The van der Waals surface area contributed by atoms with Gasteiger partial charge in [-0.2, -0.15) is 0 Å². The number of rotatable bonds is 5. The molecule has 0 saturated carbocycles. The Balaban J connectivity index is 2.17. The van der Waals surface area contributed by atoms with Gasteiger partial charge in [0, 0.05) is 0 Å². The topological polar surface area (TPSA) is 0 Å². The summed E-state index contributed by atoms with van der Waals surface area (Å²) in [5.74, 6) is 0. The largest absolute Gasteiger partial charge is 0.248 e. The van der Waals surface area contributed by atoms with Crippen LogP contribution in [0.5, 0.6) is 0 Å². The van der Waals surface area contributed by atoms with Gasteiger partial charge in [-0.05, 0) is 31.0 Å². The third-order valence-corrected chi connectivity index (χ3v) is 4.54. The van der Waals surface area contributed by atoms with E-state index in [9.17, 15) is 0 Å². The standard InChI is InChI=1S/C11H16Cl2Si/c1-14(12,13)10-6-5-9-11-7-3-2-4-8-11/h2-4,7-8H,5-6,9-10H2,1H3. The average Bonchev–Trinajstić information content (AvgIpc) is 2.13. The second kappa shape index (κ2) is 5.79. The maximum atomic E-state index is 6.02. The Morgan fingerprint density at radius 1 is 1.07 bits per heavy atom. The molecule has 0 amide bonds. The molecule has 0 aliphatic heterocycles. The maximum Gasteiger partial charge on any atom is 0.248 e. The van der Waals surface area contributed by atoms with Gasteiger partial charge in [-0.25, -0.2) is 0 Å². The van der Waals surface area contributed by atoms with E-state index >= 15 is 0 Å². The Hall–Kier alpha value is 0.0169. The van der Waals surface area contributed by atoms with E-state index in [1.807, 2.05) is 12.6 Å². The Bertz CT molecular complexity index is 254. The van der Waals surface area contributed by atoms with Crippen molar-refractivity contribution in [3.63, 3.8) is 0 Å². The molecule has 1 aromatic rings. The van der Waals surface area contributed by atoms with Gasteiger partial charge in [-0.1, -0.05) is 36.8 Å². The molecule has 0 unspecified atom stereocenters. The zero-order valence-corrected chi connectivity index (χ0v) is 11.0. The highest BCUT2D eigenvalue weighted by molar-refractivity contribution is 7.44. The van der Waals surface area contributed by atoms with Crippen LogP contribution in [0.4, 0.5) is 0 Å². The molecule has 78 valence electrons. The predicted molar refractivity (Wildman–Crippen MR) is 67.5 cm³/mol. The first kappa shape index (κ1) is 12.1. The highest BCUT2D eigenvalue weighted by Crippen LogP contribution is 2.22. The molecule has 0 atom stereocenters. The van der Waals surface area contributed by atoms with Crippen molar-refractivity contribution in [1.82, 2.24) is 0 Å². The Morgan fingerprint density at radius 2 is 1.71 bits per heavy atom. The number of hydrogen-bond acceptors (Lipinski definition) is 0. The highest BCUT2D eigenvalue weighted by Gasteiger charge is 2.19. The monoisotopic (exact) mass is 246 g/mol. The number of halogens is 2. The predicted octanol–water partition coefficient (Wildman–Crippen LogP) is 4.56. The number of aryl methyl sites for hydroxylation is 1. The van der Waals surface area contributed by atoms with Crippen LogP contribution in [-0.2, 0) is 6.42 Å². The van der Waals surface area contributed by atoms with Crippen LogP contribution in [-0.4, -0.2) is 6.69 Å². The van der Waals surface area contributed by atoms with E-state index in [-0.39, 0.29) is 0 Å². The fourth-order valence-corrected chi connectivity index (χ4v) is 3.08. The third kappa shape index (κ3) is 5.69. The summed E-state index contributed by atoms with van der Waals surface area (Å²) in [5.41, 5.74) is 1.40. The average molecular weight is 247 g/mol. The number of hydrogen-bond donors (Lipinski definition) is 0. The van der Waals surface area contributed by atoms with Crippen LogP contribution in [0.1, 0.15) is 18.4 Å². The Kier molecular flexibility index (Phi) is 5.00. The normalized spacial score (nSPS) is 11.6. The molecule has 0 fully saturated rings. The lowest BCUT2D eigenvalue weighted by molar-refractivity contribution is 0.790. The summed E-state index contributed by atoms with van der Waals surface area (Å²) in [7, 11) is 0. The number of benzene rings is 1. The van der Waals surface area contributed by atoms with Gasteiger partial charge in [-0.3, -0.25) is 0 Å². The summed E-state index contributed by atoms with van der Waals surface area (Å²) in [6.45, 7) is 0.134. The molecule has 0 aromatic heterocycles. The second-order valence-electron chi connectivity index (χ2n) is 3.76. The van der Waals surface area contributed by atoms with Crippen molar-refractivity contribution < 1.29 is 0 Å². The van der Waals surface area contributed by atoms with Gasteiger partial charge in [0.25, 0.3) is 0 Å². The summed E-state index contributed by atoms with van der Waals surface area (Å²) in [4.78, 5) is 0. The minimum absolute atomic E-state index is 1.00. The van der Waals surface area contributed by atoms with Crippen molar-refractivity contribution in [2.45, 2.75) is 31.9 Å². The third-order valence-electron chi connectivity index (χ3n) is 2.17. The maximum absolute atomic E-state index is 6.02. The van der Waals surface area contributed by atoms with Crippen LogP contribution in [0.15, 0.2) is 30.3 Å². The van der Waals surface area contributed by atoms with Gasteiger partial charge in [0.15, 0.2) is 0 Å². The molecule has 0 aliphatic rings.